The molecule has 0 aliphatic carbocycles. The average Bonchev–Trinajstić information content (AvgIpc) is 3.22. The Morgan fingerprint density at radius 2 is 1.75 bits per heavy atom. The zero-order chi connectivity index (χ0) is 22.5. The summed E-state index contributed by atoms with van der Waals surface area (Å²) in [6.45, 7) is 1.99. The Kier molecular flexibility index (Phi) is 6.51. The third-order valence-corrected chi connectivity index (χ3v) is 5.68. The average molecular weight is 449 g/mol. The van der Waals surface area contributed by atoms with Crippen LogP contribution in [0.2, 0.25) is 0 Å². The molecule has 0 aliphatic heterocycles. The lowest BCUT2D eigenvalue weighted by molar-refractivity contribution is -0.113. The van der Waals surface area contributed by atoms with Crippen LogP contribution in [0.1, 0.15) is 5.56 Å². The minimum atomic E-state index is -0.390. The molecule has 0 unspecified atom stereocenters. The molecule has 0 bridgehead atoms. The van der Waals surface area contributed by atoms with Crippen LogP contribution in [0.15, 0.2) is 78.0 Å². The SMILES string of the molecule is COc1ccccc1NC(=O)CSc1nnc(-c2ccccc2F)n1-c1ccc(C)cc1. The number of anilines is 1. The van der Waals surface area contributed by atoms with E-state index in [4.69, 9.17) is 4.74 Å². The maximum Gasteiger partial charge on any atom is 0.234 e. The molecule has 162 valence electrons. The van der Waals surface area contributed by atoms with Crippen molar-refractivity contribution in [2.24, 2.45) is 0 Å². The van der Waals surface area contributed by atoms with E-state index in [2.05, 4.69) is 15.5 Å². The van der Waals surface area contributed by atoms with Crippen LogP contribution in [0.5, 0.6) is 5.75 Å². The van der Waals surface area contributed by atoms with Crippen molar-refractivity contribution in [3.05, 3.63) is 84.2 Å². The molecule has 6 nitrogen and oxygen atoms in total. The first kappa shape index (κ1) is 21.6. The van der Waals surface area contributed by atoms with Crippen molar-refractivity contribution < 1.29 is 13.9 Å². The van der Waals surface area contributed by atoms with E-state index in [9.17, 15) is 9.18 Å². The van der Waals surface area contributed by atoms with Crippen LogP contribution in [-0.4, -0.2) is 33.5 Å². The standard InChI is InChI=1S/C24H21FN4O2S/c1-16-11-13-17(14-12-16)29-23(18-7-3-4-8-19(18)25)27-28-24(29)32-15-22(30)26-20-9-5-6-10-21(20)31-2/h3-14H,15H2,1-2H3,(H,26,30). The fourth-order valence-electron chi connectivity index (χ4n) is 3.17. The summed E-state index contributed by atoms with van der Waals surface area (Å²) < 4.78 is 21.5. The van der Waals surface area contributed by atoms with Crippen molar-refractivity contribution in [2.45, 2.75) is 12.1 Å². The molecule has 1 heterocycles. The lowest BCUT2D eigenvalue weighted by Crippen LogP contribution is -2.15. The van der Waals surface area contributed by atoms with Gasteiger partial charge >= 0.3 is 0 Å². The first-order valence-electron chi connectivity index (χ1n) is 9.90. The summed E-state index contributed by atoms with van der Waals surface area (Å²) in [4.78, 5) is 12.6. The van der Waals surface area contributed by atoms with Crippen molar-refractivity contribution in [2.75, 3.05) is 18.2 Å². The number of nitrogens with one attached hydrogen (secondary N) is 1. The summed E-state index contributed by atoms with van der Waals surface area (Å²) in [6.07, 6.45) is 0. The molecular formula is C24H21FN4O2S. The number of para-hydroxylation sites is 2. The summed E-state index contributed by atoms with van der Waals surface area (Å²) >= 11 is 1.22. The minimum Gasteiger partial charge on any atom is -0.495 e. The van der Waals surface area contributed by atoms with Crippen LogP contribution in [0.3, 0.4) is 0 Å². The molecule has 4 rings (SSSR count). The molecule has 0 spiro atoms. The normalized spacial score (nSPS) is 10.7. The van der Waals surface area contributed by atoms with Gasteiger partial charge in [0.25, 0.3) is 0 Å². The molecule has 0 saturated carbocycles. The molecule has 0 aliphatic rings. The first-order valence-corrected chi connectivity index (χ1v) is 10.9. The van der Waals surface area contributed by atoms with Crippen LogP contribution in [-0.2, 0) is 4.79 Å². The molecule has 1 amide bonds. The topological polar surface area (TPSA) is 69.0 Å². The first-order chi connectivity index (χ1) is 15.6. The second-order valence-corrected chi connectivity index (χ2v) is 7.94. The molecule has 0 atom stereocenters. The monoisotopic (exact) mass is 448 g/mol. The number of aryl methyl sites for hydroxylation is 1. The fourth-order valence-corrected chi connectivity index (χ4v) is 3.92. The summed E-state index contributed by atoms with van der Waals surface area (Å²) in [6, 6.07) is 21.4. The van der Waals surface area contributed by atoms with Gasteiger partial charge < -0.3 is 10.1 Å². The molecule has 1 N–H and O–H groups in total. The second kappa shape index (κ2) is 9.65. The van der Waals surface area contributed by atoms with Gasteiger partial charge in [-0.3, -0.25) is 9.36 Å². The highest BCUT2D eigenvalue weighted by atomic mass is 32.2. The lowest BCUT2D eigenvalue weighted by Gasteiger charge is -2.12. The number of hydrogen-bond acceptors (Lipinski definition) is 5. The third kappa shape index (κ3) is 4.65. The zero-order valence-electron chi connectivity index (χ0n) is 17.6. The van der Waals surface area contributed by atoms with E-state index in [1.54, 1.807) is 42.0 Å². The van der Waals surface area contributed by atoms with Gasteiger partial charge in [0.05, 0.1) is 24.1 Å². The maximum absolute atomic E-state index is 14.5. The van der Waals surface area contributed by atoms with Crippen LogP contribution in [0.25, 0.3) is 17.1 Å². The highest BCUT2D eigenvalue weighted by Crippen LogP contribution is 2.30. The number of thioether (sulfide) groups is 1. The summed E-state index contributed by atoms with van der Waals surface area (Å²) in [5, 5.41) is 11.8. The van der Waals surface area contributed by atoms with Crippen molar-refractivity contribution in [1.29, 1.82) is 0 Å². The summed E-state index contributed by atoms with van der Waals surface area (Å²) in [5.74, 6) is 0.443. The predicted molar refractivity (Wildman–Crippen MR) is 124 cm³/mol. The van der Waals surface area contributed by atoms with Crippen molar-refractivity contribution in [1.82, 2.24) is 14.8 Å². The minimum absolute atomic E-state index is 0.0965. The number of methoxy groups -OCH3 is 1. The number of halogens is 1. The quantitative estimate of drug-likeness (QED) is 0.398. The number of carbonyl (C=O) groups excluding carboxylic acids is 1. The highest BCUT2D eigenvalue weighted by molar-refractivity contribution is 7.99. The number of aromatic nitrogens is 3. The van der Waals surface area contributed by atoms with Crippen LogP contribution < -0.4 is 10.1 Å². The largest absolute Gasteiger partial charge is 0.495 e. The Hall–Kier alpha value is -3.65. The van der Waals surface area contributed by atoms with Crippen LogP contribution >= 0.6 is 11.8 Å². The Morgan fingerprint density at radius 3 is 2.50 bits per heavy atom. The molecule has 8 heteroatoms. The Morgan fingerprint density at radius 1 is 1.03 bits per heavy atom. The molecule has 0 fully saturated rings. The van der Waals surface area contributed by atoms with Crippen molar-refractivity contribution in [3.8, 4) is 22.8 Å². The van der Waals surface area contributed by atoms with Gasteiger partial charge in [-0.05, 0) is 43.3 Å². The van der Waals surface area contributed by atoms with E-state index in [-0.39, 0.29) is 11.7 Å². The third-order valence-electron chi connectivity index (χ3n) is 4.75. The molecule has 1 aromatic heterocycles. The molecule has 0 saturated heterocycles. The molecule has 3 aromatic carbocycles. The number of ether oxygens (including phenoxy) is 1. The number of hydrogen-bond donors (Lipinski definition) is 1. The lowest BCUT2D eigenvalue weighted by atomic mass is 10.2. The van der Waals surface area contributed by atoms with Gasteiger partial charge in [-0.2, -0.15) is 0 Å². The maximum atomic E-state index is 14.5. The number of nitrogens with zero attached hydrogens (tertiary/aromatic N) is 3. The smallest absolute Gasteiger partial charge is 0.234 e. The number of amides is 1. The molecule has 32 heavy (non-hydrogen) atoms. The van der Waals surface area contributed by atoms with Gasteiger partial charge in [0, 0.05) is 5.69 Å². The van der Waals surface area contributed by atoms with E-state index in [1.165, 1.54) is 17.8 Å². The van der Waals surface area contributed by atoms with E-state index in [0.717, 1.165) is 11.3 Å². The zero-order valence-corrected chi connectivity index (χ0v) is 18.4. The number of rotatable bonds is 7. The molecule has 4 aromatic rings. The highest BCUT2D eigenvalue weighted by Gasteiger charge is 2.19. The number of benzene rings is 3. The summed E-state index contributed by atoms with van der Waals surface area (Å²) in [5.41, 5.74) is 2.81. The van der Waals surface area contributed by atoms with E-state index in [1.807, 2.05) is 43.3 Å². The van der Waals surface area contributed by atoms with Gasteiger partial charge in [0.2, 0.25) is 5.91 Å². The fraction of sp³-hybridized carbons (Fsp3) is 0.125. The Bertz CT molecular complexity index is 1240. The Labute approximate surface area is 189 Å². The predicted octanol–water partition coefficient (Wildman–Crippen LogP) is 5.12. The molecular weight excluding hydrogens is 427 g/mol. The van der Waals surface area contributed by atoms with E-state index in [0.29, 0.717) is 28.0 Å². The van der Waals surface area contributed by atoms with Gasteiger partial charge in [0.1, 0.15) is 11.6 Å². The van der Waals surface area contributed by atoms with Gasteiger partial charge in [-0.1, -0.05) is 53.7 Å². The van der Waals surface area contributed by atoms with Gasteiger partial charge in [-0.25, -0.2) is 4.39 Å². The Balaban J connectivity index is 1.62. The summed E-state index contributed by atoms with van der Waals surface area (Å²) in [7, 11) is 1.55. The van der Waals surface area contributed by atoms with E-state index < -0.39 is 5.82 Å². The van der Waals surface area contributed by atoms with Gasteiger partial charge in [0.15, 0.2) is 11.0 Å². The van der Waals surface area contributed by atoms with Gasteiger partial charge in [-0.15, -0.1) is 10.2 Å². The van der Waals surface area contributed by atoms with Crippen molar-refractivity contribution in [3.63, 3.8) is 0 Å². The van der Waals surface area contributed by atoms with Crippen molar-refractivity contribution >= 4 is 23.4 Å². The van der Waals surface area contributed by atoms with E-state index >= 15 is 0 Å². The second-order valence-electron chi connectivity index (χ2n) is 6.99. The van der Waals surface area contributed by atoms with Crippen LogP contribution in [0, 0.1) is 12.7 Å². The number of carbonyl (C=O) groups is 1. The van der Waals surface area contributed by atoms with Crippen LogP contribution in [0.4, 0.5) is 10.1 Å². The molecule has 0 radical (unpaired) electrons.